The van der Waals surface area contributed by atoms with E-state index in [4.69, 9.17) is 14.2 Å². The maximum atomic E-state index is 12.9. The molecule has 0 aliphatic rings. The van der Waals surface area contributed by atoms with Crippen molar-refractivity contribution >= 4 is 11.9 Å². The molecule has 0 radical (unpaired) electrons. The van der Waals surface area contributed by atoms with Crippen molar-refractivity contribution in [3.63, 3.8) is 0 Å². The van der Waals surface area contributed by atoms with Gasteiger partial charge in [-0.1, -0.05) is 239 Å². The van der Waals surface area contributed by atoms with E-state index in [1.165, 1.54) is 116 Å². The normalized spacial score (nSPS) is 13.0. The second kappa shape index (κ2) is 59.9. The van der Waals surface area contributed by atoms with E-state index in [1.807, 2.05) is 0 Å². The van der Waals surface area contributed by atoms with Crippen LogP contribution in [0.25, 0.3) is 0 Å². The molecule has 0 saturated carbocycles. The summed E-state index contributed by atoms with van der Waals surface area (Å²) in [6.07, 6.45) is 82.5. The number of allylic oxidation sites excluding steroid dienone is 18. The van der Waals surface area contributed by atoms with Crippen molar-refractivity contribution in [3.8, 4) is 0 Å². The smallest absolute Gasteiger partial charge is 0.306 e. The molecule has 0 aliphatic carbocycles. The summed E-state index contributed by atoms with van der Waals surface area (Å²) in [5, 5.41) is 0. The highest BCUT2D eigenvalue weighted by molar-refractivity contribution is 5.70. The zero-order chi connectivity index (χ0) is 50.6. The molecule has 0 fully saturated rings. The van der Waals surface area contributed by atoms with Crippen molar-refractivity contribution in [3.05, 3.63) is 109 Å². The van der Waals surface area contributed by atoms with Gasteiger partial charge >= 0.3 is 11.9 Å². The summed E-state index contributed by atoms with van der Waals surface area (Å²) in [4.78, 5) is 25.6. The molecule has 0 aromatic rings. The predicted molar refractivity (Wildman–Crippen MR) is 306 cm³/mol. The van der Waals surface area contributed by atoms with Gasteiger partial charge in [0.25, 0.3) is 0 Å². The second-order valence-electron chi connectivity index (χ2n) is 19.1. The predicted octanol–water partition coefficient (Wildman–Crippen LogP) is 20.3. The minimum Gasteiger partial charge on any atom is -0.462 e. The summed E-state index contributed by atoms with van der Waals surface area (Å²) in [6.45, 7) is 7.55. The van der Waals surface area contributed by atoms with Crippen LogP contribution in [0.2, 0.25) is 0 Å². The Kier molecular flexibility index (Phi) is 56.9. The highest BCUT2D eigenvalue weighted by Crippen LogP contribution is 2.14. The molecular weight excluding hydrogens is 861 g/mol. The molecule has 1 atom stereocenters. The summed E-state index contributed by atoms with van der Waals surface area (Å²) in [5.41, 5.74) is 0. The Balaban J connectivity index is 4.35. The molecule has 0 heterocycles. The van der Waals surface area contributed by atoms with E-state index in [0.29, 0.717) is 19.4 Å². The van der Waals surface area contributed by atoms with E-state index in [2.05, 4.69) is 130 Å². The zero-order valence-corrected chi connectivity index (χ0v) is 46.0. The third-order valence-electron chi connectivity index (χ3n) is 12.3. The fourth-order valence-electron chi connectivity index (χ4n) is 7.96. The van der Waals surface area contributed by atoms with E-state index >= 15 is 0 Å². The molecule has 70 heavy (non-hydrogen) atoms. The lowest BCUT2D eigenvalue weighted by Crippen LogP contribution is -2.30. The lowest BCUT2D eigenvalue weighted by Gasteiger charge is -2.18. The van der Waals surface area contributed by atoms with Gasteiger partial charge in [-0.15, -0.1) is 0 Å². The monoisotopic (exact) mass is 971 g/mol. The largest absolute Gasteiger partial charge is 0.462 e. The molecule has 1 unspecified atom stereocenters. The molecule has 5 heteroatoms. The van der Waals surface area contributed by atoms with E-state index in [1.54, 1.807) is 0 Å². The molecule has 0 N–H and O–H groups in total. The number of esters is 2. The van der Waals surface area contributed by atoms with Crippen LogP contribution in [0.3, 0.4) is 0 Å². The Bertz CT molecular complexity index is 1380. The Morgan fingerprint density at radius 1 is 0.329 bits per heavy atom. The summed E-state index contributed by atoms with van der Waals surface area (Å²) in [5.74, 6) is -0.433. The second-order valence-corrected chi connectivity index (χ2v) is 19.1. The van der Waals surface area contributed by atoms with Crippen LogP contribution in [0.15, 0.2) is 109 Å². The molecule has 400 valence electrons. The van der Waals surface area contributed by atoms with Crippen LogP contribution in [0, 0.1) is 0 Å². The van der Waals surface area contributed by atoms with Gasteiger partial charge in [0.15, 0.2) is 6.10 Å². The third kappa shape index (κ3) is 57.1. The SMILES string of the molecule is CC/C=C\C/C=C\C/C=C\C/C=C\CCCCCCC(=O)OC(COCCCCCCCCCC/C=C\C/C=C\C/C=C\CC)COC(=O)CCCCCCCCCCC/C=C\C/C=C\CCCCC. The van der Waals surface area contributed by atoms with Crippen LogP contribution in [0.4, 0.5) is 0 Å². The highest BCUT2D eigenvalue weighted by Gasteiger charge is 2.17. The molecule has 0 bridgehead atoms. The fourth-order valence-corrected chi connectivity index (χ4v) is 7.96. The minimum atomic E-state index is -0.563. The number of carbonyl (C=O) groups excluding carboxylic acids is 2. The highest BCUT2D eigenvalue weighted by atomic mass is 16.6. The standard InChI is InChI=1S/C65H110O5/c1-4-7-10-13-16-19-22-25-28-31-33-35-37-40-43-46-49-52-55-58-64(66)69-62-63(61-68-60-57-54-51-48-45-42-39-36-32-29-26-23-20-17-14-11-8-5-2)70-65(67)59-56-53-50-47-44-41-38-34-30-27-24-21-18-15-12-9-6-3/h8-9,11-12,16-21,25-30,38,41,63H,4-7,10,13-15,22-24,31-37,39-40,42-62H2,1-3H3/b11-8-,12-9-,19-16-,20-17-,21-18-,28-25-,29-26-,30-27-,41-38-. The lowest BCUT2D eigenvalue weighted by molar-refractivity contribution is -0.163. The van der Waals surface area contributed by atoms with Crippen LogP contribution in [-0.2, 0) is 23.8 Å². The van der Waals surface area contributed by atoms with Gasteiger partial charge in [0.05, 0.1) is 6.61 Å². The summed E-state index contributed by atoms with van der Waals surface area (Å²) in [7, 11) is 0. The quantitative estimate of drug-likeness (QED) is 0.0345. The van der Waals surface area contributed by atoms with Crippen molar-refractivity contribution in [2.75, 3.05) is 19.8 Å². The Hall–Kier alpha value is -3.44. The van der Waals surface area contributed by atoms with Crippen LogP contribution < -0.4 is 0 Å². The first-order valence-electron chi connectivity index (χ1n) is 29.4. The zero-order valence-electron chi connectivity index (χ0n) is 46.0. The molecule has 0 saturated heterocycles. The Labute approximate surface area is 434 Å². The number of ether oxygens (including phenoxy) is 3. The average Bonchev–Trinajstić information content (AvgIpc) is 3.36. The van der Waals surface area contributed by atoms with Gasteiger partial charge in [0, 0.05) is 19.4 Å². The van der Waals surface area contributed by atoms with E-state index in [9.17, 15) is 9.59 Å². The molecular formula is C65H110O5. The maximum Gasteiger partial charge on any atom is 0.306 e. The summed E-state index contributed by atoms with van der Waals surface area (Å²) >= 11 is 0. The topological polar surface area (TPSA) is 61.8 Å². The maximum absolute atomic E-state index is 12.9. The third-order valence-corrected chi connectivity index (χ3v) is 12.3. The minimum absolute atomic E-state index is 0.0647. The van der Waals surface area contributed by atoms with Gasteiger partial charge in [-0.3, -0.25) is 9.59 Å². The van der Waals surface area contributed by atoms with Crippen LogP contribution in [-0.4, -0.2) is 37.9 Å². The van der Waals surface area contributed by atoms with Crippen LogP contribution >= 0.6 is 0 Å². The fraction of sp³-hybridized carbons (Fsp3) is 0.692. The van der Waals surface area contributed by atoms with Gasteiger partial charge in [-0.05, 0) is 122 Å². The first kappa shape index (κ1) is 66.6. The molecule has 0 aromatic heterocycles. The van der Waals surface area contributed by atoms with Gasteiger partial charge in [0.2, 0.25) is 0 Å². The number of hydrogen-bond acceptors (Lipinski definition) is 5. The molecule has 0 amide bonds. The number of rotatable bonds is 53. The Morgan fingerprint density at radius 3 is 1.03 bits per heavy atom. The van der Waals surface area contributed by atoms with Gasteiger partial charge in [0.1, 0.15) is 6.61 Å². The summed E-state index contributed by atoms with van der Waals surface area (Å²) in [6, 6.07) is 0. The van der Waals surface area contributed by atoms with Gasteiger partial charge in [-0.2, -0.15) is 0 Å². The molecule has 0 rings (SSSR count). The van der Waals surface area contributed by atoms with Crippen molar-refractivity contribution in [1.82, 2.24) is 0 Å². The molecule has 0 aromatic carbocycles. The lowest BCUT2D eigenvalue weighted by atomic mass is 10.1. The number of carbonyl (C=O) groups is 2. The molecule has 5 nitrogen and oxygen atoms in total. The van der Waals surface area contributed by atoms with Crippen molar-refractivity contribution < 1.29 is 23.8 Å². The molecule has 0 aliphatic heterocycles. The van der Waals surface area contributed by atoms with Crippen molar-refractivity contribution in [2.45, 2.75) is 271 Å². The Morgan fingerprint density at radius 2 is 0.643 bits per heavy atom. The van der Waals surface area contributed by atoms with Gasteiger partial charge in [-0.25, -0.2) is 0 Å². The average molecular weight is 972 g/mol. The van der Waals surface area contributed by atoms with E-state index in [0.717, 1.165) is 116 Å². The summed E-state index contributed by atoms with van der Waals surface area (Å²) < 4.78 is 17.5. The van der Waals surface area contributed by atoms with Crippen LogP contribution in [0.5, 0.6) is 0 Å². The van der Waals surface area contributed by atoms with Crippen molar-refractivity contribution in [1.29, 1.82) is 0 Å². The number of hydrogen-bond donors (Lipinski definition) is 0. The first-order chi connectivity index (χ1) is 34.6. The molecule has 0 spiro atoms. The van der Waals surface area contributed by atoms with Crippen LogP contribution in [0.1, 0.15) is 265 Å². The van der Waals surface area contributed by atoms with E-state index < -0.39 is 6.10 Å². The van der Waals surface area contributed by atoms with Crippen molar-refractivity contribution in [2.24, 2.45) is 0 Å². The first-order valence-corrected chi connectivity index (χ1v) is 29.4. The number of unbranched alkanes of at least 4 members (excludes halogenated alkanes) is 24. The van der Waals surface area contributed by atoms with Gasteiger partial charge < -0.3 is 14.2 Å². The van der Waals surface area contributed by atoms with E-state index in [-0.39, 0.29) is 25.2 Å².